The molecule has 1 aliphatic rings. The Morgan fingerprint density at radius 2 is 1.73 bits per heavy atom. The molecule has 0 heterocycles. The summed E-state index contributed by atoms with van der Waals surface area (Å²) < 4.78 is 0. The van der Waals surface area contributed by atoms with Gasteiger partial charge < -0.3 is 10.2 Å². The van der Waals surface area contributed by atoms with E-state index in [0.29, 0.717) is 22.0 Å². The number of halogens is 2. The van der Waals surface area contributed by atoms with E-state index in [1.165, 1.54) is 6.42 Å². The Morgan fingerprint density at radius 3 is 2.36 bits per heavy atom. The molecule has 2 amide bonds. The SMILES string of the molecule is CCC(C(=O)NC1CCCCC1)N(Cc1c(Cl)cccc1Cl)C(=O)Cc1cc(C)ccc1C. The molecule has 0 aromatic heterocycles. The van der Waals surface area contributed by atoms with Gasteiger partial charge in [0.05, 0.1) is 6.42 Å². The van der Waals surface area contributed by atoms with Crippen molar-refractivity contribution >= 4 is 35.0 Å². The first-order chi connectivity index (χ1) is 15.8. The molecule has 1 aliphatic carbocycles. The van der Waals surface area contributed by atoms with Gasteiger partial charge in [0.1, 0.15) is 6.04 Å². The number of carbonyl (C=O) groups excluding carboxylic acids is 2. The number of aryl methyl sites for hydroxylation is 2. The second-order valence-electron chi connectivity index (χ2n) is 9.10. The molecule has 1 atom stereocenters. The van der Waals surface area contributed by atoms with Crippen molar-refractivity contribution in [3.8, 4) is 0 Å². The molecule has 178 valence electrons. The summed E-state index contributed by atoms with van der Waals surface area (Å²) in [6.45, 7) is 6.15. The zero-order valence-electron chi connectivity index (χ0n) is 19.8. The molecule has 33 heavy (non-hydrogen) atoms. The molecule has 0 bridgehead atoms. The van der Waals surface area contributed by atoms with Gasteiger partial charge in [-0.1, -0.05) is 79.2 Å². The highest BCUT2D eigenvalue weighted by molar-refractivity contribution is 6.36. The Balaban J connectivity index is 1.89. The van der Waals surface area contributed by atoms with Crippen LogP contribution in [-0.4, -0.2) is 28.8 Å². The van der Waals surface area contributed by atoms with Crippen molar-refractivity contribution < 1.29 is 9.59 Å². The van der Waals surface area contributed by atoms with Gasteiger partial charge in [-0.05, 0) is 56.4 Å². The van der Waals surface area contributed by atoms with Gasteiger partial charge in [-0.15, -0.1) is 0 Å². The van der Waals surface area contributed by atoms with Gasteiger partial charge in [-0.25, -0.2) is 0 Å². The summed E-state index contributed by atoms with van der Waals surface area (Å²) in [5.41, 5.74) is 3.80. The van der Waals surface area contributed by atoms with Crippen LogP contribution in [0.3, 0.4) is 0 Å². The average molecular weight is 489 g/mol. The first-order valence-electron chi connectivity index (χ1n) is 11.9. The first kappa shape index (κ1) is 25.6. The van der Waals surface area contributed by atoms with Crippen molar-refractivity contribution in [3.05, 3.63) is 68.7 Å². The molecular weight excluding hydrogens is 455 g/mol. The molecule has 1 saturated carbocycles. The lowest BCUT2D eigenvalue weighted by Gasteiger charge is -2.33. The Bertz CT molecular complexity index is 966. The molecule has 0 radical (unpaired) electrons. The number of hydrogen-bond acceptors (Lipinski definition) is 2. The molecule has 1 fully saturated rings. The minimum atomic E-state index is -0.586. The highest BCUT2D eigenvalue weighted by Gasteiger charge is 2.31. The number of amides is 2. The van der Waals surface area contributed by atoms with E-state index in [-0.39, 0.29) is 30.8 Å². The van der Waals surface area contributed by atoms with Crippen LogP contribution < -0.4 is 5.32 Å². The molecule has 6 heteroatoms. The molecule has 4 nitrogen and oxygen atoms in total. The quantitative estimate of drug-likeness (QED) is 0.466. The second-order valence-corrected chi connectivity index (χ2v) is 9.91. The Kier molecular flexibility index (Phi) is 9.22. The van der Waals surface area contributed by atoms with E-state index in [4.69, 9.17) is 23.2 Å². The Hall–Kier alpha value is -2.04. The van der Waals surface area contributed by atoms with Crippen molar-refractivity contribution in [1.29, 1.82) is 0 Å². The van der Waals surface area contributed by atoms with E-state index in [1.807, 2.05) is 39.0 Å². The third-order valence-corrected chi connectivity index (χ3v) is 7.28. The van der Waals surface area contributed by atoms with Gasteiger partial charge in [0, 0.05) is 28.2 Å². The molecule has 1 N–H and O–H groups in total. The average Bonchev–Trinajstić information content (AvgIpc) is 2.78. The maximum absolute atomic E-state index is 13.7. The lowest BCUT2D eigenvalue weighted by molar-refractivity contribution is -0.141. The van der Waals surface area contributed by atoms with E-state index >= 15 is 0 Å². The molecule has 3 rings (SSSR count). The molecule has 2 aromatic carbocycles. The topological polar surface area (TPSA) is 49.4 Å². The number of nitrogens with zero attached hydrogens (tertiary/aromatic N) is 1. The van der Waals surface area contributed by atoms with E-state index in [9.17, 15) is 9.59 Å². The number of hydrogen-bond donors (Lipinski definition) is 1. The Morgan fingerprint density at radius 1 is 1.06 bits per heavy atom. The van der Waals surface area contributed by atoms with Gasteiger partial charge in [0.25, 0.3) is 0 Å². The summed E-state index contributed by atoms with van der Waals surface area (Å²) >= 11 is 12.9. The second kappa shape index (κ2) is 11.9. The van der Waals surface area contributed by atoms with Gasteiger partial charge >= 0.3 is 0 Å². The van der Waals surface area contributed by atoms with Gasteiger partial charge in [-0.3, -0.25) is 9.59 Å². The normalized spacial score (nSPS) is 15.2. The summed E-state index contributed by atoms with van der Waals surface area (Å²) in [6, 6.07) is 11.0. The lowest BCUT2D eigenvalue weighted by atomic mass is 9.95. The number of nitrogens with one attached hydrogen (secondary N) is 1. The molecule has 2 aromatic rings. The highest BCUT2D eigenvalue weighted by atomic mass is 35.5. The fourth-order valence-electron chi connectivity index (χ4n) is 4.57. The Labute approximate surface area is 207 Å². The van der Waals surface area contributed by atoms with Crippen molar-refractivity contribution in [2.45, 2.75) is 84.3 Å². The number of benzene rings is 2. The van der Waals surface area contributed by atoms with E-state index < -0.39 is 6.04 Å². The molecule has 0 aliphatic heterocycles. The third-order valence-electron chi connectivity index (χ3n) is 6.57. The first-order valence-corrected chi connectivity index (χ1v) is 12.6. The van der Waals surface area contributed by atoms with Crippen LogP contribution >= 0.6 is 23.2 Å². The fraction of sp³-hybridized carbons (Fsp3) is 0.481. The zero-order valence-corrected chi connectivity index (χ0v) is 21.3. The molecule has 1 unspecified atom stereocenters. The largest absolute Gasteiger partial charge is 0.352 e. The standard InChI is InChI=1S/C27H34Cl2N2O2/c1-4-25(27(33)30-21-9-6-5-7-10-21)31(17-22-23(28)11-8-12-24(22)29)26(32)16-20-15-18(2)13-14-19(20)3/h8,11-15,21,25H,4-7,9-10,16-17H2,1-3H3,(H,30,33). The minimum absolute atomic E-state index is 0.0955. The van der Waals surface area contributed by atoms with Crippen LogP contribution in [0.5, 0.6) is 0 Å². The van der Waals surface area contributed by atoms with E-state index in [2.05, 4.69) is 5.32 Å². The maximum Gasteiger partial charge on any atom is 0.243 e. The van der Waals surface area contributed by atoms with Crippen LogP contribution in [0.25, 0.3) is 0 Å². The summed E-state index contributed by atoms with van der Waals surface area (Å²) in [5, 5.41) is 4.20. The predicted octanol–water partition coefficient (Wildman–Crippen LogP) is 6.41. The maximum atomic E-state index is 13.7. The third kappa shape index (κ3) is 6.74. The van der Waals surface area contributed by atoms with E-state index in [1.54, 1.807) is 23.1 Å². The van der Waals surface area contributed by atoms with Gasteiger partial charge in [0.2, 0.25) is 11.8 Å². The molecule has 0 spiro atoms. The van der Waals surface area contributed by atoms with Crippen molar-refractivity contribution in [2.24, 2.45) is 0 Å². The summed E-state index contributed by atoms with van der Waals surface area (Å²) in [4.78, 5) is 28.7. The van der Waals surface area contributed by atoms with Crippen LogP contribution in [0.4, 0.5) is 0 Å². The van der Waals surface area contributed by atoms with Crippen LogP contribution in [0.15, 0.2) is 36.4 Å². The number of carbonyl (C=O) groups is 2. The summed E-state index contributed by atoms with van der Waals surface area (Å²) in [5.74, 6) is -0.202. The smallest absolute Gasteiger partial charge is 0.243 e. The molecule has 0 saturated heterocycles. The van der Waals surface area contributed by atoms with Crippen molar-refractivity contribution in [1.82, 2.24) is 10.2 Å². The van der Waals surface area contributed by atoms with Crippen LogP contribution in [-0.2, 0) is 22.6 Å². The van der Waals surface area contributed by atoms with Crippen LogP contribution in [0.2, 0.25) is 10.0 Å². The number of rotatable bonds is 8. The van der Waals surface area contributed by atoms with Crippen LogP contribution in [0, 0.1) is 13.8 Å². The minimum Gasteiger partial charge on any atom is -0.352 e. The monoisotopic (exact) mass is 488 g/mol. The molecular formula is C27H34Cl2N2O2. The highest BCUT2D eigenvalue weighted by Crippen LogP contribution is 2.28. The van der Waals surface area contributed by atoms with Gasteiger partial charge in [0.15, 0.2) is 0 Å². The van der Waals surface area contributed by atoms with Gasteiger partial charge in [-0.2, -0.15) is 0 Å². The lowest BCUT2D eigenvalue weighted by Crippen LogP contribution is -2.52. The summed E-state index contributed by atoms with van der Waals surface area (Å²) in [6.07, 6.45) is 6.21. The predicted molar refractivity (Wildman–Crippen MR) is 136 cm³/mol. The van der Waals surface area contributed by atoms with Crippen molar-refractivity contribution in [3.63, 3.8) is 0 Å². The summed E-state index contributed by atoms with van der Waals surface area (Å²) in [7, 11) is 0. The zero-order chi connectivity index (χ0) is 24.0. The van der Waals surface area contributed by atoms with Crippen LogP contribution in [0.1, 0.15) is 67.7 Å². The fourth-order valence-corrected chi connectivity index (χ4v) is 5.09. The van der Waals surface area contributed by atoms with Crippen molar-refractivity contribution in [2.75, 3.05) is 0 Å². The van der Waals surface area contributed by atoms with E-state index in [0.717, 1.165) is 42.4 Å².